The van der Waals surface area contributed by atoms with Crippen LogP contribution >= 0.6 is 0 Å². The minimum absolute atomic E-state index is 0.000303. The van der Waals surface area contributed by atoms with Crippen molar-refractivity contribution in [1.29, 1.82) is 5.41 Å². The lowest BCUT2D eigenvalue weighted by atomic mass is 9.90. The second kappa shape index (κ2) is 21.8. The molecule has 4 N–H and O–H groups in total. The van der Waals surface area contributed by atoms with Crippen LogP contribution in [0.2, 0.25) is 0 Å². The van der Waals surface area contributed by atoms with E-state index in [9.17, 15) is 14.4 Å². The van der Waals surface area contributed by atoms with Crippen molar-refractivity contribution in [3.63, 3.8) is 0 Å². The zero-order valence-electron chi connectivity index (χ0n) is 35.0. The molecule has 2 amide bonds. The molecule has 0 bridgehead atoms. The number of nitrogens with two attached hydrogens (primary N) is 1. The van der Waals surface area contributed by atoms with E-state index in [4.69, 9.17) is 20.6 Å². The lowest BCUT2D eigenvalue weighted by Crippen LogP contribution is -2.52. The summed E-state index contributed by atoms with van der Waals surface area (Å²) in [5.41, 5.74) is 12.0. The number of nitrogens with one attached hydrogen (secondary N) is 2. The Kier molecular flexibility index (Phi) is 15.3. The van der Waals surface area contributed by atoms with Crippen molar-refractivity contribution < 1.29 is 23.9 Å². The largest absolute Gasteiger partial charge is 0.460 e. The second-order valence-corrected chi connectivity index (χ2v) is 15.9. The first kappa shape index (κ1) is 43.5. The summed E-state index contributed by atoms with van der Waals surface area (Å²) < 4.78 is 11.1. The zero-order chi connectivity index (χ0) is 43.1. The molecule has 1 fully saturated rings. The third-order valence-electron chi connectivity index (χ3n) is 11.5. The number of amides is 2. The zero-order valence-corrected chi connectivity index (χ0v) is 35.0. The van der Waals surface area contributed by atoms with E-state index in [-0.39, 0.29) is 49.5 Å². The maximum atomic E-state index is 14.8. The first-order valence-corrected chi connectivity index (χ1v) is 21.4. The van der Waals surface area contributed by atoms with Crippen molar-refractivity contribution in [2.24, 2.45) is 5.73 Å². The van der Waals surface area contributed by atoms with Crippen LogP contribution in [0.3, 0.4) is 0 Å². The number of carbonyl (C=O) groups excluding carboxylic acids is 3. The number of amidine groups is 1. The molecular weight excluding hydrogens is 775 g/mol. The molecule has 1 aliphatic rings. The Hall–Kier alpha value is -6.62. The summed E-state index contributed by atoms with van der Waals surface area (Å²) in [5.74, 6) is -0.973. The maximum absolute atomic E-state index is 14.8. The van der Waals surface area contributed by atoms with Gasteiger partial charge in [-0.1, -0.05) is 164 Å². The van der Waals surface area contributed by atoms with E-state index in [1.54, 1.807) is 0 Å². The van der Waals surface area contributed by atoms with Gasteiger partial charge in [-0.2, -0.15) is 0 Å². The van der Waals surface area contributed by atoms with Crippen LogP contribution in [0.1, 0.15) is 59.4 Å². The fourth-order valence-corrected chi connectivity index (χ4v) is 8.15. The van der Waals surface area contributed by atoms with Crippen LogP contribution in [0, 0.1) is 5.41 Å². The SMILES string of the molecule is N=C(CC(=O)OCc1ccccc1)N(CCC[C@@H]1NC([C@@H](N)Cc2ccc3ccccc3c2)CCN(CC(c2ccccc2)c2ccccc2)C1=O)C(=O)OCc1ccccc1. The van der Waals surface area contributed by atoms with Gasteiger partial charge in [0.25, 0.3) is 0 Å². The molecule has 6 aromatic carbocycles. The van der Waals surface area contributed by atoms with Gasteiger partial charge in [0.1, 0.15) is 25.5 Å². The third-order valence-corrected chi connectivity index (χ3v) is 11.5. The topological polar surface area (TPSA) is 138 Å². The molecule has 7 rings (SSSR count). The van der Waals surface area contributed by atoms with E-state index >= 15 is 0 Å². The van der Waals surface area contributed by atoms with Gasteiger partial charge in [-0.05, 0) is 64.3 Å². The number of fused-ring (bicyclic) bond motifs is 1. The van der Waals surface area contributed by atoms with Crippen molar-refractivity contribution >= 4 is 34.6 Å². The van der Waals surface area contributed by atoms with Gasteiger partial charge in [0.15, 0.2) is 0 Å². The first-order chi connectivity index (χ1) is 30.3. The predicted octanol–water partition coefficient (Wildman–Crippen LogP) is 8.63. The molecule has 0 aliphatic carbocycles. The van der Waals surface area contributed by atoms with E-state index in [1.807, 2.05) is 114 Å². The Morgan fingerprint density at radius 3 is 1.92 bits per heavy atom. The predicted molar refractivity (Wildman–Crippen MR) is 243 cm³/mol. The van der Waals surface area contributed by atoms with E-state index in [2.05, 4.69) is 59.9 Å². The number of esters is 1. The van der Waals surface area contributed by atoms with Crippen molar-refractivity contribution in [3.05, 3.63) is 192 Å². The Morgan fingerprint density at radius 1 is 0.726 bits per heavy atom. The lowest BCUT2D eigenvalue weighted by molar-refractivity contribution is -0.143. The highest BCUT2D eigenvalue weighted by molar-refractivity contribution is 6.02. The van der Waals surface area contributed by atoms with Gasteiger partial charge in [-0.15, -0.1) is 0 Å². The van der Waals surface area contributed by atoms with Crippen molar-refractivity contribution in [3.8, 4) is 0 Å². The molecule has 0 radical (unpaired) electrons. The number of carbonyl (C=O) groups is 3. The molecule has 0 spiro atoms. The summed E-state index contributed by atoms with van der Waals surface area (Å²) >= 11 is 0. The molecule has 10 heteroatoms. The van der Waals surface area contributed by atoms with Crippen molar-refractivity contribution in [2.75, 3.05) is 19.6 Å². The normalized spacial score (nSPS) is 15.8. The van der Waals surface area contributed by atoms with Crippen LogP contribution in [0.25, 0.3) is 10.8 Å². The second-order valence-electron chi connectivity index (χ2n) is 15.9. The smallest absolute Gasteiger partial charge is 0.415 e. The average molecular weight is 830 g/mol. The summed E-state index contributed by atoms with van der Waals surface area (Å²) in [6.45, 7) is 1.10. The maximum Gasteiger partial charge on any atom is 0.415 e. The van der Waals surface area contributed by atoms with E-state index < -0.39 is 24.5 Å². The van der Waals surface area contributed by atoms with Crippen LogP contribution in [0.5, 0.6) is 0 Å². The molecule has 318 valence electrons. The summed E-state index contributed by atoms with van der Waals surface area (Å²) in [4.78, 5) is 44.5. The van der Waals surface area contributed by atoms with E-state index in [1.165, 1.54) is 10.3 Å². The summed E-state index contributed by atoms with van der Waals surface area (Å²) in [7, 11) is 0. The first-order valence-electron chi connectivity index (χ1n) is 21.4. The Balaban J connectivity index is 1.09. The quantitative estimate of drug-likeness (QED) is 0.0476. The molecule has 1 heterocycles. The van der Waals surface area contributed by atoms with Gasteiger partial charge in [0.2, 0.25) is 5.91 Å². The minimum Gasteiger partial charge on any atom is -0.460 e. The fourth-order valence-electron chi connectivity index (χ4n) is 8.15. The summed E-state index contributed by atoms with van der Waals surface area (Å²) in [6.07, 6.45) is 0.796. The van der Waals surface area contributed by atoms with Crippen LogP contribution in [-0.4, -0.2) is 71.4 Å². The number of hydrogen-bond donors (Lipinski definition) is 3. The van der Waals surface area contributed by atoms with Gasteiger partial charge in [-0.25, -0.2) is 4.79 Å². The molecule has 1 saturated heterocycles. The molecule has 1 aliphatic heterocycles. The van der Waals surface area contributed by atoms with Crippen molar-refractivity contribution in [2.45, 2.75) is 69.4 Å². The number of benzene rings is 6. The van der Waals surface area contributed by atoms with Crippen LogP contribution in [-0.2, 0) is 38.7 Å². The Bertz CT molecular complexity index is 2340. The fraction of sp³-hybridized carbons (Fsp3) is 0.269. The molecule has 6 aromatic rings. The summed E-state index contributed by atoms with van der Waals surface area (Å²) in [5, 5.41) is 14.9. The highest BCUT2D eigenvalue weighted by Gasteiger charge is 2.35. The number of nitrogens with zero attached hydrogens (tertiary/aromatic N) is 2. The standard InChI is InChI=1S/C52H55N5O5/c53-46(33-40-27-28-41-20-13-14-25-44(41)32-40)47-29-31-56(35-45(42-21-9-3-10-22-42)43-23-11-4-12-24-43)51(59)48(55-47)26-15-30-57(52(60)62-37-39-18-7-2-8-19-39)49(54)34-50(58)61-36-38-16-5-1-6-17-38/h1-14,16-25,27-28,32,45-48,54-55H,15,26,29-31,33-37,53H2/t46-,47?,48-/m0/s1. The third kappa shape index (κ3) is 12.0. The number of ether oxygens (including phenoxy) is 2. The molecule has 1 unspecified atom stereocenters. The monoisotopic (exact) mass is 829 g/mol. The van der Waals surface area contributed by atoms with Crippen molar-refractivity contribution in [1.82, 2.24) is 15.1 Å². The highest BCUT2D eigenvalue weighted by Crippen LogP contribution is 2.28. The van der Waals surface area contributed by atoms with Gasteiger partial charge in [0, 0.05) is 37.6 Å². The van der Waals surface area contributed by atoms with Gasteiger partial charge in [-0.3, -0.25) is 19.9 Å². The van der Waals surface area contributed by atoms with Gasteiger partial charge in [0.05, 0.1) is 6.04 Å². The lowest BCUT2D eigenvalue weighted by Gasteiger charge is -2.30. The molecule has 3 atom stereocenters. The van der Waals surface area contributed by atoms with E-state index in [0.717, 1.165) is 33.2 Å². The molecule has 0 aromatic heterocycles. The Labute approximate surface area is 364 Å². The molecular formula is C52H55N5O5. The molecule has 0 saturated carbocycles. The van der Waals surface area contributed by atoms with Crippen LogP contribution < -0.4 is 11.1 Å². The number of hydrogen-bond acceptors (Lipinski definition) is 8. The summed E-state index contributed by atoms with van der Waals surface area (Å²) in [6, 6.07) is 52.7. The van der Waals surface area contributed by atoms with Gasteiger partial charge < -0.3 is 25.4 Å². The van der Waals surface area contributed by atoms with Gasteiger partial charge >= 0.3 is 12.1 Å². The average Bonchev–Trinajstić information content (AvgIpc) is 3.46. The Morgan fingerprint density at radius 2 is 1.29 bits per heavy atom. The highest BCUT2D eigenvalue weighted by atomic mass is 16.6. The van der Waals surface area contributed by atoms with Crippen LogP contribution in [0.15, 0.2) is 164 Å². The number of rotatable bonds is 17. The van der Waals surface area contributed by atoms with E-state index in [0.29, 0.717) is 38.8 Å². The molecule has 62 heavy (non-hydrogen) atoms. The van der Waals surface area contributed by atoms with Crippen LogP contribution in [0.4, 0.5) is 4.79 Å². The molecule has 10 nitrogen and oxygen atoms in total. The minimum atomic E-state index is -0.750.